The minimum absolute atomic E-state index is 0.0169. The van der Waals surface area contributed by atoms with Gasteiger partial charge < -0.3 is 15.6 Å². The summed E-state index contributed by atoms with van der Waals surface area (Å²) in [5.41, 5.74) is 6.01. The Morgan fingerprint density at radius 2 is 2.00 bits per heavy atom. The lowest BCUT2D eigenvalue weighted by atomic mass is 9.84. The smallest absolute Gasteiger partial charge is 0.0961 e. The number of aliphatic hydroxyl groups excluding tert-OH is 1. The molecule has 1 saturated carbocycles. The van der Waals surface area contributed by atoms with Gasteiger partial charge in [-0.25, -0.2) is 0 Å². The van der Waals surface area contributed by atoms with E-state index in [9.17, 15) is 5.11 Å². The topological polar surface area (TPSA) is 55.5 Å². The summed E-state index contributed by atoms with van der Waals surface area (Å²) in [7, 11) is 0. The van der Waals surface area contributed by atoms with Crippen LogP contribution in [0.5, 0.6) is 0 Å². The number of rotatable bonds is 5. The first kappa shape index (κ1) is 12.0. The summed E-state index contributed by atoms with van der Waals surface area (Å²) in [6, 6.07) is -0.105. The van der Waals surface area contributed by atoms with Gasteiger partial charge >= 0.3 is 0 Å². The van der Waals surface area contributed by atoms with Crippen LogP contribution < -0.4 is 5.73 Å². The van der Waals surface area contributed by atoms with Crippen LogP contribution in [-0.4, -0.2) is 30.5 Å². The molecule has 3 nitrogen and oxygen atoms in total. The molecule has 2 unspecified atom stereocenters. The van der Waals surface area contributed by atoms with Gasteiger partial charge in [0.2, 0.25) is 0 Å². The summed E-state index contributed by atoms with van der Waals surface area (Å²) in [6.45, 7) is 6.99. The first-order chi connectivity index (χ1) is 6.45. The van der Waals surface area contributed by atoms with Crippen LogP contribution in [0.1, 0.15) is 33.6 Å². The number of hydrogen-bond donors (Lipinski definition) is 2. The summed E-state index contributed by atoms with van der Waals surface area (Å²) in [5.74, 6) is 0.719. The number of ether oxygens (including phenoxy) is 1. The summed E-state index contributed by atoms with van der Waals surface area (Å²) in [4.78, 5) is 0. The minimum atomic E-state index is -0.212. The molecular weight excluding hydrogens is 178 g/mol. The number of aliphatic hydroxyl groups is 1. The van der Waals surface area contributed by atoms with Crippen molar-refractivity contribution in [1.82, 2.24) is 0 Å². The lowest BCUT2D eigenvalue weighted by Gasteiger charge is -2.33. The quantitative estimate of drug-likeness (QED) is 0.701. The third kappa shape index (κ3) is 3.56. The molecule has 0 aromatic heterocycles. The maximum absolute atomic E-state index is 9.19. The fraction of sp³-hybridized carbons (Fsp3) is 1.00. The molecule has 1 aliphatic carbocycles. The fourth-order valence-electron chi connectivity index (χ4n) is 1.37. The summed E-state index contributed by atoms with van der Waals surface area (Å²) in [5, 5.41) is 9.19. The van der Waals surface area contributed by atoms with Crippen molar-refractivity contribution in [3.05, 3.63) is 0 Å². The van der Waals surface area contributed by atoms with E-state index >= 15 is 0 Å². The highest BCUT2D eigenvalue weighted by Gasteiger charge is 2.31. The highest BCUT2D eigenvalue weighted by Crippen LogP contribution is 2.30. The van der Waals surface area contributed by atoms with Crippen LogP contribution in [0.4, 0.5) is 0 Å². The molecule has 0 bridgehead atoms. The Labute approximate surface area is 86.6 Å². The van der Waals surface area contributed by atoms with E-state index in [1.165, 1.54) is 12.8 Å². The van der Waals surface area contributed by atoms with Gasteiger partial charge in [0.1, 0.15) is 0 Å². The predicted octanol–water partition coefficient (Wildman–Crippen LogP) is 1.15. The maximum Gasteiger partial charge on any atom is 0.0961 e. The molecule has 84 valence electrons. The number of hydrogen-bond acceptors (Lipinski definition) is 3. The Balaban J connectivity index is 2.34. The highest BCUT2D eigenvalue weighted by atomic mass is 16.5. The molecule has 1 fully saturated rings. The third-order valence-electron chi connectivity index (χ3n) is 2.82. The lowest BCUT2D eigenvalue weighted by Crippen LogP contribution is -2.48. The average molecular weight is 201 g/mol. The molecule has 0 saturated heterocycles. The van der Waals surface area contributed by atoms with Crippen molar-refractivity contribution < 1.29 is 9.84 Å². The van der Waals surface area contributed by atoms with Crippen molar-refractivity contribution in [2.45, 2.75) is 45.8 Å². The van der Waals surface area contributed by atoms with Crippen LogP contribution in [0, 0.1) is 11.3 Å². The van der Waals surface area contributed by atoms with Crippen molar-refractivity contribution in [2.24, 2.45) is 17.1 Å². The van der Waals surface area contributed by atoms with Crippen LogP contribution in [0.2, 0.25) is 0 Å². The fourth-order valence-corrected chi connectivity index (χ4v) is 1.37. The third-order valence-corrected chi connectivity index (χ3v) is 2.82. The van der Waals surface area contributed by atoms with Crippen LogP contribution in [0.15, 0.2) is 0 Å². The van der Waals surface area contributed by atoms with Gasteiger partial charge in [0.15, 0.2) is 0 Å². The molecule has 3 heteroatoms. The largest absolute Gasteiger partial charge is 0.394 e. The molecule has 1 aliphatic rings. The zero-order chi connectivity index (χ0) is 10.8. The SMILES string of the molecule is CC(C)(C)C(N)C(CO)OCC1CC1. The van der Waals surface area contributed by atoms with Gasteiger partial charge in [-0.2, -0.15) is 0 Å². The van der Waals surface area contributed by atoms with E-state index < -0.39 is 0 Å². The Kier molecular flexibility index (Phi) is 3.93. The van der Waals surface area contributed by atoms with E-state index in [-0.39, 0.29) is 24.2 Å². The highest BCUT2D eigenvalue weighted by molar-refractivity contribution is 4.85. The van der Waals surface area contributed by atoms with Crippen molar-refractivity contribution >= 4 is 0 Å². The van der Waals surface area contributed by atoms with Crippen molar-refractivity contribution in [2.75, 3.05) is 13.2 Å². The van der Waals surface area contributed by atoms with Gasteiger partial charge in [0.25, 0.3) is 0 Å². The van der Waals surface area contributed by atoms with E-state index in [1.54, 1.807) is 0 Å². The normalized spacial score (nSPS) is 22.1. The Morgan fingerprint density at radius 3 is 2.36 bits per heavy atom. The maximum atomic E-state index is 9.19. The second-order valence-electron chi connectivity index (χ2n) is 5.39. The van der Waals surface area contributed by atoms with Gasteiger partial charge in [-0.3, -0.25) is 0 Å². The van der Waals surface area contributed by atoms with Crippen molar-refractivity contribution in [3.8, 4) is 0 Å². The summed E-state index contributed by atoms with van der Waals surface area (Å²) < 4.78 is 5.63. The van der Waals surface area contributed by atoms with Gasteiger partial charge in [-0.1, -0.05) is 20.8 Å². The minimum Gasteiger partial charge on any atom is -0.394 e. The second kappa shape index (κ2) is 4.60. The Bertz CT molecular complexity index is 173. The van der Waals surface area contributed by atoms with E-state index in [0.29, 0.717) is 0 Å². The van der Waals surface area contributed by atoms with Gasteiger partial charge in [0.05, 0.1) is 12.7 Å². The molecule has 3 N–H and O–H groups in total. The second-order valence-corrected chi connectivity index (χ2v) is 5.39. The molecule has 0 spiro atoms. The monoisotopic (exact) mass is 201 g/mol. The average Bonchev–Trinajstić information content (AvgIpc) is 2.87. The van der Waals surface area contributed by atoms with Gasteiger partial charge in [-0.05, 0) is 24.2 Å². The van der Waals surface area contributed by atoms with E-state index in [4.69, 9.17) is 10.5 Å². The molecule has 2 atom stereocenters. The molecular formula is C11H23NO2. The van der Waals surface area contributed by atoms with Crippen LogP contribution >= 0.6 is 0 Å². The van der Waals surface area contributed by atoms with Gasteiger partial charge in [0, 0.05) is 12.6 Å². The van der Waals surface area contributed by atoms with Crippen LogP contribution in [-0.2, 0) is 4.74 Å². The van der Waals surface area contributed by atoms with Crippen LogP contribution in [0.25, 0.3) is 0 Å². The zero-order valence-corrected chi connectivity index (χ0v) is 9.49. The van der Waals surface area contributed by atoms with E-state index in [1.807, 2.05) is 0 Å². The van der Waals surface area contributed by atoms with Crippen molar-refractivity contribution in [1.29, 1.82) is 0 Å². The van der Waals surface area contributed by atoms with E-state index in [0.717, 1.165) is 12.5 Å². The van der Waals surface area contributed by atoms with Crippen LogP contribution in [0.3, 0.4) is 0 Å². The first-order valence-corrected chi connectivity index (χ1v) is 5.43. The zero-order valence-electron chi connectivity index (χ0n) is 9.49. The standard InChI is InChI=1S/C11H23NO2/c1-11(2,3)10(12)9(6-13)14-7-8-4-5-8/h8-10,13H,4-7,12H2,1-3H3. The molecule has 0 heterocycles. The lowest BCUT2D eigenvalue weighted by molar-refractivity contribution is -0.0284. The summed E-state index contributed by atoms with van der Waals surface area (Å²) >= 11 is 0. The van der Waals surface area contributed by atoms with E-state index in [2.05, 4.69) is 20.8 Å². The molecule has 0 aromatic rings. The predicted molar refractivity (Wildman–Crippen MR) is 57.0 cm³/mol. The molecule has 0 aliphatic heterocycles. The molecule has 0 aromatic carbocycles. The molecule has 1 rings (SSSR count). The molecule has 0 amide bonds. The molecule has 14 heavy (non-hydrogen) atoms. The molecule has 0 radical (unpaired) electrons. The number of nitrogens with two attached hydrogens (primary N) is 1. The Morgan fingerprint density at radius 1 is 1.43 bits per heavy atom. The first-order valence-electron chi connectivity index (χ1n) is 5.43. The van der Waals surface area contributed by atoms with Crippen molar-refractivity contribution in [3.63, 3.8) is 0 Å². The summed E-state index contributed by atoms with van der Waals surface area (Å²) in [6.07, 6.45) is 2.32. The van der Waals surface area contributed by atoms with Gasteiger partial charge in [-0.15, -0.1) is 0 Å². The Hall–Kier alpha value is -0.120.